The van der Waals surface area contributed by atoms with Crippen molar-refractivity contribution in [3.63, 3.8) is 0 Å². The van der Waals surface area contributed by atoms with E-state index in [1.165, 1.54) is 44.1 Å². The Kier molecular flexibility index (Phi) is 10.9. The Labute approximate surface area is 140 Å². The van der Waals surface area contributed by atoms with Crippen molar-refractivity contribution in [2.75, 3.05) is 32.9 Å². The summed E-state index contributed by atoms with van der Waals surface area (Å²) < 4.78 is 20.2. The van der Waals surface area contributed by atoms with E-state index in [0.29, 0.717) is 0 Å². The predicted octanol–water partition coefficient (Wildman–Crippen LogP) is 3.52. The summed E-state index contributed by atoms with van der Waals surface area (Å²) in [6.07, 6.45) is 2.62. The average Bonchev–Trinajstić information content (AvgIpc) is 2.91. The zero-order chi connectivity index (χ0) is 16.3. The van der Waals surface area contributed by atoms with Crippen molar-refractivity contribution in [3.05, 3.63) is 0 Å². The molecule has 6 heteroatoms. The van der Waals surface area contributed by atoms with Crippen LogP contribution in [0.15, 0.2) is 0 Å². The lowest BCUT2D eigenvalue weighted by molar-refractivity contribution is -0.123. The molecule has 1 heterocycles. The van der Waals surface area contributed by atoms with Crippen LogP contribution < -0.4 is 0 Å². The first-order valence-corrected chi connectivity index (χ1v) is 12.7. The van der Waals surface area contributed by atoms with E-state index in [0.717, 1.165) is 35.4 Å². The number of nitrogens with zero attached hydrogens (tertiary/aromatic N) is 1. The minimum absolute atomic E-state index is 0.00709. The highest BCUT2D eigenvalue weighted by Gasteiger charge is 2.43. The lowest BCUT2D eigenvalue weighted by atomic mass is 10.4. The van der Waals surface area contributed by atoms with Crippen molar-refractivity contribution in [3.8, 4) is 0 Å². The SMILES string of the molecule is CCOC(C[Si]CCCN1CCC[Si]1(CC)OCC)OCC. The molecular formula is C16H35NO3Si2. The van der Waals surface area contributed by atoms with E-state index in [1.54, 1.807) is 0 Å². The van der Waals surface area contributed by atoms with E-state index >= 15 is 0 Å². The van der Waals surface area contributed by atoms with E-state index in [1.807, 2.05) is 13.8 Å². The highest BCUT2D eigenvalue weighted by molar-refractivity contribution is 6.71. The van der Waals surface area contributed by atoms with Gasteiger partial charge in [0.15, 0.2) is 6.29 Å². The maximum Gasteiger partial charge on any atom is 0.271 e. The van der Waals surface area contributed by atoms with Crippen molar-refractivity contribution >= 4 is 18.0 Å². The first-order valence-electron chi connectivity index (χ1n) is 9.05. The molecule has 22 heavy (non-hydrogen) atoms. The van der Waals surface area contributed by atoms with Gasteiger partial charge in [0.1, 0.15) is 0 Å². The van der Waals surface area contributed by atoms with Gasteiger partial charge < -0.3 is 18.5 Å². The monoisotopic (exact) mass is 345 g/mol. The van der Waals surface area contributed by atoms with Crippen LogP contribution in [0, 0.1) is 0 Å². The molecule has 1 fully saturated rings. The summed E-state index contributed by atoms with van der Waals surface area (Å²) in [4.78, 5) is 0. The van der Waals surface area contributed by atoms with Crippen molar-refractivity contribution in [1.29, 1.82) is 0 Å². The highest BCUT2D eigenvalue weighted by atomic mass is 28.4. The zero-order valence-electron chi connectivity index (χ0n) is 15.0. The highest BCUT2D eigenvalue weighted by Crippen LogP contribution is 2.30. The number of ether oxygens (including phenoxy) is 2. The van der Waals surface area contributed by atoms with E-state index in [2.05, 4.69) is 18.4 Å². The van der Waals surface area contributed by atoms with Crippen LogP contribution in [-0.4, -0.2) is 61.8 Å². The van der Waals surface area contributed by atoms with Crippen LogP contribution in [0.1, 0.15) is 40.5 Å². The van der Waals surface area contributed by atoms with Crippen LogP contribution in [0.4, 0.5) is 0 Å². The summed E-state index contributed by atoms with van der Waals surface area (Å²) in [5.74, 6) is 0. The van der Waals surface area contributed by atoms with Gasteiger partial charge >= 0.3 is 0 Å². The fourth-order valence-corrected chi connectivity index (χ4v) is 8.42. The van der Waals surface area contributed by atoms with E-state index < -0.39 is 8.48 Å². The van der Waals surface area contributed by atoms with Crippen molar-refractivity contribution in [2.45, 2.75) is 71.0 Å². The Morgan fingerprint density at radius 2 is 1.82 bits per heavy atom. The summed E-state index contributed by atoms with van der Waals surface area (Å²) >= 11 is 0. The largest absolute Gasteiger partial charge is 0.403 e. The van der Waals surface area contributed by atoms with Gasteiger partial charge in [-0.25, -0.2) is 0 Å². The van der Waals surface area contributed by atoms with Gasteiger partial charge in [-0.1, -0.05) is 13.0 Å². The van der Waals surface area contributed by atoms with Crippen LogP contribution in [-0.2, 0) is 13.9 Å². The first-order chi connectivity index (χ1) is 10.7. The van der Waals surface area contributed by atoms with Crippen LogP contribution in [0.3, 0.4) is 0 Å². The average molecular weight is 346 g/mol. The maximum atomic E-state index is 6.24. The van der Waals surface area contributed by atoms with Gasteiger partial charge in [-0.3, -0.25) is 0 Å². The van der Waals surface area contributed by atoms with E-state index in [4.69, 9.17) is 13.9 Å². The number of hydrogen-bond donors (Lipinski definition) is 0. The molecule has 1 aliphatic rings. The van der Waals surface area contributed by atoms with Gasteiger partial charge in [0.25, 0.3) is 8.48 Å². The minimum atomic E-state index is -1.56. The molecule has 0 bridgehead atoms. The van der Waals surface area contributed by atoms with Crippen molar-refractivity contribution in [1.82, 2.24) is 4.57 Å². The molecule has 0 amide bonds. The molecule has 0 N–H and O–H groups in total. The normalized spacial score (nSPS) is 22.8. The molecule has 0 aromatic carbocycles. The second-order valence-corrected chi connectivity index (χ2v) is 11.2. The molecule has 1 aliphatic heterocycles. The van der Waals surface area contributed by atoms with Gasteiger partial charge in [-0.05, 0) is 64.8 Å². The molecule has 1 saturated heterocycles. The van der Waals surface area contributed by atoms with E-state index in [9.17, 15) is 0 Å². The smallest absolute Gasteiger partial charge is 0.271 e. The topological polar surface area (TPSA) is 30.9 Å². The number of hydrogen-bond acceptors (Lipinski definition) is 4. The van der Waals surface area contributed by atoms with Gasteiger partial charge in [-0.2, -0.15) is 0 Å². The Bertz CT molecular complexity index is 278. The third kappa shape index (κ3) is 6.41. The quantitative estimate of drug-likeness (QED) is 0.290. The second kappa shape index (κ2) is 11.8. The molecule has 130 valence electrons. The molecule has 0 spiro atoms. The standard InChI is InChI=1S/C16H35NO3Si2/c1-5-18-16(19-6-2)15-21-13-9-11-17-12-10-14-22(17,8-4)20-7-3/h16H,5-15H2,1-4H3. The van der Waals surface area contributed by atoms with Crippen LogP contribution in [0.2, 0.25) is 24.2 Å². The zero-order valence-corrected chi connectivity index (χ0v) is 17.0. The van der Waals surface area contributed by atoms with Crippen molar-refractivity contribution < 1.29 is 13.9 Å². The van der Waals surface area contributed by atoms with Gasteiger partial charge in [0.2, 0.25) is 0 Å². The molecular weight excluding hydrogens is 310 g/mol. The van der Waals surface area contributed by atoms with E-state index in [-0.39, 0.29) is 6.29 Å². The third-order valence-electron chi connectivity index (χ3n) is 4.33. The summed E-state index contributed by atoms with van der Waals surface area (Å²) in [6, 6.07) is 4.90. The Morgan fingerprint density at radius 3 is 2.41 bits per heavy atom. The molecule has 4 nitrogen and oxygen atoms in total. The fourth-order valence-electron chi connectivity index (χ4n) is 3.31. The Balaban J connectivity index is 2.23. The maximum absolute atomic E-state index is 6.24. The Morgan fingerprint density at radius 1 is 1.09 bits per heavy atom. The van der Waals surface area contributed by atoms with Crippen LogP contribution in [0.5, 0.6) is 0 Å². The van der Waals surface area contributed by atoms with Crippen molar-refractivity contribution in [2.24, 2.45) is 0 Å². The second-order valence-electron chi connectivity index (χ2n) is 5.72. The fraction of sp³-hybridized carbons (Fsp3) is 1.00. The molecule has 1 atom stereocenters. The summed E-state index contributed by atoms with van der Waals surface area (Å²) in [5, 5.41) is 0. The Hall–Kier alpha value is 0.274. The molecule has 1 unspecified atom stereocenters. The minimum Gasteiger partial charge on any atom is -0.403 e. The molecule has 0 aromatic rings. The van der Waals surface area contributed by atoms with Gasteiger partial charge in [0, 0.05) is 29.3 Å². The molecule has 2 radical (unpaired) electrons. The predicted molar refractivity (Wildman–Crippen MR) is 95.9 cm³/mol. The first kappa shape index (κ1) is 20.3. The molecule has 1 rings (SSSR count). The van der Waals surface area contributed by atoms with Crippen LogP contribution >= 0.6 is 0 Å². The third-order valence-corrected chi connectivity index (χ3v) is 10.3. The molecule has 0 saturated carbocycles. The summed E-state index contributed by atoms with van der Waals surface area (Å²) in [7, 11) is -0.620. The molecule has 0 aliphatic carbocycles. The van der Waals surface area contributed by atoms with Gasteiger partial charge in [0.05, 0.1) is 0 Å². The number of rotatable bonds is 13. The molecule has 0 aromatic heterocycles. The summed E-state index contributed by atoms with van der Waals surface area (Å²) in [6.45, 7) is 13.4. The summed E-state index contributed by atoms with van der Waals surface area (Å²) in [5.41, 5.74) is 0. The lowest BCUT2D eigenvalue weighted by Crippen LogP contribution is -2.51. The lowest BCUT2D eigenvalue weighted by Gasteiger charge is -2.34. The van der Waals surface area contributed by atoms with Gasteiger partial charge in [-0.15, -0.1) is 0 Å². The van der Waals surface area contributed by atoms with Crippen LogP contribution in [0.25, 0.3) is 0 Å².